The molecule has 1 saturated heterocycles. The maximum atomic E-state index is 14.1. The van der Waals surface area contributed by atoms with Gasteiger partial charge < -0.3 is 0 Å². The number of hydrogen-bond donors (Lipinski definition) is 1. The Balaban J connectivity index is 1.97. The third kappa shape index (κ3) is 4.21. The molecule has 3 rings (SSSR count). The first-order valence-electron chi connectivity index (χ1n) is 9.01. The summed E-state index contributed by atoms with van der Waals surface area (Å²) in [6.07, 6.45) is 2.60. The van der Waals surface area contributed by atoms with Crippen molar-refractivity contribution in [2.75, 3.05) is 17.8 Å². The SMILES string of the molecule is Cc1ccc(F)c(S(=O)(=O)Nc2cc(S(=O)(=O)N3CCCCC3)ccc2C)c1. The van der Waals surface area contributed by atoms with Crippen molar-refractivity contribution >= 4 is 25.7 Å². The minimum atomic E-state index is -4.21. The monoisotopic (exact) mass is 426 g/mol. The summed E-state index contributed by atoms with van der Waals surface area (Å²) in [6, 6.07) is 8.11. The Bertz CT molecular complexity index is 1090. The Morgan fingerprint density at radius 2 is 1.61 bits per heavy atom. The van der Waals surface area contributed by atoms with Crippen LogP contribution < -0.4 is 4.72 Å². The number of halogens is 1. The highest BCUT2D eigenvalue weighted by atomic mass is 32.2. The molecule has 0 aromatic heterocycles. The maximum absolute atomic E-state index is 14.1. The number of anilines is 1. The highest BCUT2D eigenvalue weighted by Crippen LogP contribution is 2.27. The molecule has 1 N–H and O–H groups in total. The van der Waals surface area contributed by atoms with Crippen molar-refractivity contribution in [1.82, 2.24) is 4.31 Å². The van der Waals surface area contributed by atoms with Crippen LogP contribution in [0.4, 0.5) is 10.1 Å². The van der Waals surface area contributed by atoms with Crippen LogP contribution in [0.15, 0.2) is 46.2 Å². The molecule has 0 amide bonds. The average molecular weight is 427 g/mol. The van der Waals surface area contributed by atoms with Gasteiger partial charge in [0.1, 0.15) is 10.7 Å². The van der Waals surface area contributed by atoms with E-state index in [0.29, 0.717) is 24.2 Å². The number of nitrogens with zero attached hydrogens (tertiary/aromatic N) is 1. The molecular weight excluding hydrogens is 403 g/mol. The summed E-state index contributed by atoms with van der Waals surface area (Å²) in [4.78, 5) is -0.460. The number of nitrogens with one attached hydrogen (secondary N) is 1. The first-order valence-corrected chi connectivity index (χ1v) is 11.9. The molecule has 1 aliphatic heterocycles. The van der Waals surface area contributed by atoms with E-state index in [0.717, 1.165) is 25.3 Å². The molecule has 0 bridgehead atoms. The minimum absolute atomic E-state index is 0.0161. The predicted octanol–water partition coefficient (Wildman–Crippen LogP) is 3.42. The van der Waals surface area contributed by atoms with Gasteiger partial charge in [-0.2, -0.15) is 4.31 Å². The molecule has 1 aliphatic rings. The van der Waals surface area contributed by atoms with Crippen LogP contribution in [0.2, 0.25) is 0 Å². The average Bonchev–Trinajstić information content (AvgIpc) is 2.66. The first-order chi connectivity index (χ1) is 13.1. The van der Waals surface area contributed by atoms with Crippen LogP contribution in [0, 0.1) is 19.7 Å². The summed E-state index contributed by atoms with van der Waals surface area (Å²) < 4.78 is 68.9. The molecule has 152 valence electrons. The molecule has 0 atom stereocenters. The van der Waals surface area contributed by atoms with Gasteiger partial charge in [-0.1, -0.05) is 18.6 Å². The molecule has 2 aromatic carbocycles. The van der Waals surface area contributed by atoms with Gasteiger partial charge in [-0.15, -0.1) is 0 Å². The lowest BCUT2D eigenvalue weighted by Gasteiger charge is -2.26. The van der Waals surface area contributed by atoms with E-state index < -0.39 is 30.8 Å². The number of rotatable bonds is 5. The van der Waals surface area contributed by atoms with Gasteiger partial charge in [-0.05, 0) is 62.1 Å². The Morgan fingerprint density at radius 3 is 2.29 bits per heavy atom. The molecule has 28 heavy (non-hydrogen) atoms. The molecule has 9 heteroatoms. The Labute approximate surface area is 165 Å². The fraction of sp³-hybridized carbons (Fsp3) is 0.368. The number of sulfonamides is 2. The van der Waals surface area contributed by atoms with Gasteiger partial charge in [-0.25, -0.2) is 21.2 Å². The van der Waals surface area contributed by atoms with Crippen molar-refractivity contribution in [3.8, 4) is 0 Å². The van der Waals surface area contributed by atoms with Gasteiger partial charge in [0.25, 0.3) is 10.0 Å². The molecule has 0 unspecified atom stereocenters. The number of aryl methyl sites for hydroxylation is 2. The smallest absolute Gasteiger partial charge is 0.264 e. The molecule has 0 saturated carbocycles. The van der Waals surface area contributed by atoms with Gasteiger partial charge in [0, 0.05) is 13.1 Å². The van der Waals surface area contributed by atoms with Crippen molar-refractivity contribution in [2.24, 2.45) is 0 Å². The molecule has 0 spiro atoms. The Morgan fingerprint density at radius 1 is 0.929 bits per heavy atom. The largest absolute Gasteiger partial charge is 0.279 e. The van der Waals surface area contributed by atoms with Crippen molar-refractivity contribution < 1.29 is 21.2 Å². The lowest BCUT2D eigenvalue weighted by molar-refractivity contribution is 0.346. The number of piperidine rings is 1. The Kier molecular flexibility index (Phi) is 5.79. The quantitative estimate of drug-likeness (QED) is 0.794. The topological polar surface area (TPSA) is 83.5 Å². The third-order valence-electron chi connectivity index (χ3n) is 4.78. The second kappa shape index (κ2) is 7.81. The van der Waals surface area contributed by atoms with Crippen LogP contribution in [-0.4, -0.2) is 34.2 Å². The zero-order chi connectivity index (χ0) is 20.5. The minimum Gasteiger partial charge on any atom is -0.279 e. The first kappa shape index (κ1) is 20.8. The predicted molar refractivity (Wildman–Crippen MR) is 106 cm³/mol. The lowest BCUT2D eigenvalue weighted by atomic mass is 10.2. The summed E-state index contributed by atoms with van der Waals surface area (Å²) in [7, 11) is -7.92. The van der Waals surface area contributed by atoms with Gasteiger partial charge in [-0.3, -0.25) is 4.72 Å². The van der Waals surface area contributed by atoms with Crippen LogP contribution in [0.3, 0.4) is 0 Å². The lowest BCUT2D eigenvalue weighted by Crippen LogP contribution is -2.35. The molecule has 1 fully saturated rings. The van der Waals surface area contributed by atoms with Crippen LogP contribution in [-0.2, 0) is 20.0 Å². The third-order valence-corrected chi connectivity index (χ3v) is 8.06. The fourth-order valence-corrected chi connectivity index (χ4v) is 5.97. The molecule has 1 heterocycles. The summed E-state index contributed by atoms with van der Waals surface area (Å²) in [5, 5.41) is 0. The van der Waals surface area contributed by atoms with E-state index >= 15 is 0 Å². The van der Waals surface area contributed by atoms with E-state index in [1.807, 2.05) is 0 Å². The summed E-state index contributed by atoms with van der Waals surface area (Å²) in [6.45, 7) is 4.22. The van der Waals surface area contributed by atoms with E-state index in [1.165, 1.54) is 28.6 Å². The fourth-order valence-electron chi connectivity index (χ4n) is 3.14. The van der Waals surface area contributed by atoms with E-state index in [2.05, 4.69) is 4.72 Å². The standard InChI is InChI=1S/C19H23FN2O4S2/c1-14-6-9-17(20)19(12-14)27(23,24)21-18-13-16(8-7-15(18)2)28(25,26)22-10-4-3-5-11-22/h6-9,12-13,21H,3-5,10-11H2,1-2H3. The van der Waals surface area contributed by atoms with Crippen LogP contribution in [0.25, 0.3) is 0 Å². The summed E-state index contributed by atoms with van der Waals surface area (Å²) in [5.41, 5.74) is 1.24. The van der Waals surface area contributed by atoms with E-state index in [-0.39, 0.29) is 10.6 Å². The van der Waals surface area contributed by atoms with Crippen molar-refractivity contribution in [1.29, 1.82) is 0 Å². The Hall–Kier alpha value is -1.97. The number of hydrogen-bond acceptors (Lipinski definition) is 4. The van der Waals surface area contributed by atoms with Gasteiger partial charge in [0.15, 0.2) is 0 Å². The molecule has 6 nitrogen and oxygen atoms in total. The van der Waals surface area contributed by atoms with Crippen molar-refractivity contribution in [3.63, 3.8) is 0 Å². The summed E-state index contributed by atoms with van der Waals surface area (Å²) >= 11 is 0. The van der Waals surface area contributed by atoms with Gasteiger partial charge >= 0.3 is 0 Å². The van der Waals surface area contributed by atoms with Gasteiger partial charge in [0.2, 0.25) is 10.0 Å². The highest BCUT2D eigenvalue weighted by molar-refractivity contribution is 7.92. The van der Waals surface area contributed by atoms with E-state index in [4.69, 9.17) is 0 Å². The zero-order valence-corrected chi connectivity index (χ0v) is 17.4. The molecular formula is C19H23FN2O4S2. The van der Waals surface area contributed by atoms with Crippen molar-refractivity contribution in [3.05, 3.63) is 53.3 Å². The zero-order valence-electron chi connectivity index (χ0n) is 15.8. The van der Waals surface area contributed by atoms with Crippen molar-refractivity contribution in [2.45, 2.75) is 42.9 Å². The molecule has 2 aromatic rings. The second-order valence-electron chi connectivity index (χ2n) is 6.98. The van der Waals surface area contributed by atoms with E-state index in [9.17, 15) is 21.2 Å². The van der Waals surface area contributed by atoms with Crippen LogP contribution >= 0.6 is 0 Å². The van der Waals surface area contributed by atoms with Crippen LogP contribution in [0.5, 0.6) is 0 Å². The van der Waals surface area contributed by atoms with Gasteiger partial charge in [0.05, 0.1) is 10.6 Å². The number of benzene rings is 2. The second-order valence-corrected chi connectivity index (χ2v) is 10.6. The van der Waals surface area contributed by atoms with Crippen LogP contribution in [0.1, 0.15) is 30.4 Å². The molecule has 0 radical (unpaired) electrons. The molecule has 0 aliphatic carbocycles. The highest BCUT2D eigenvalue weighted by Gasteiger charge is 2.27. The maximum Gasteiger partial charge on any atom is 0.264 e. The normalized spacial score (nSPS) is 16.1. The van der Waals surface area contributed by atoms with E-state index in [1.54, 1.807) is 19.9 Å². The summed E-state index contributed by atoms with van der Waals surface area (Å²) in [5.74, 6) is -0.868.